The van der Waals surface area contributed by atoms with Crippen molar-refractivity contribution in [3.05, 3.63) is 76.3 Å². The van der Waals surface area contributed by atoms with E-state index in [0.717, 1.165) is 16.5 Å². The van der Waals surface area contributed by atoms with Crippen LogP contribution in [0.4, 0.5) is 0 Å². The highest BCUT2D eigenvalue weighted by Crippen LogP contribution is 2.47. The fraction of sp³-hybridized carbons (Fsp3) is 0.100. The minimum absolute atomic E-state index is 0.0476. The quantitative estimate of drug-likeness (QED) is 0.703. The summed E-state index contributed by atoms with van der Waals surface area (Å²) in [5, 5.41) is 11.1. The van der Waals surface area contributed by atoms with Crippen molar-refractivity contribution < 1.29 is 9.53 Å². The van der Waals surface area contributed by atoms with Crippen LogP contribution in [0.5, 0.6) is 5.75 Å². The Morgan fingerprint density at radius 2 is 1.92 bits per heavy atom. The summed E-state index contributed by atoms with van der Waals surface area (Å²) in [5.41, 5.74) is 8.45. The molecule has 0 aliphatic carbocycles. The van der Waals surface area contributed by atoms with Crippen LogP contribution < -0.4 is 10.5 Å². The summed E-state index contributed by atoms with van der Waals surface area (Å²) in [7, 11) is 0. The van der Waals surface area contributed by atoms with Crippen LogP contribution in [0.2, 0.25) is 5.02 Å². The molecule has 2 heterocycles. The molecule has 1 atom stereocenters. The van der Waals surface area contributed by atoms with E-state index in [9.17, 15) is 10.1 Å². The van der Waals surface area contributed by atoms with Gasteiger partial charge in [0.2, 0.25) is 11.8 Å². The molecule has 6 heteroatoms. The van der Waals surface area contributed by atoms with Crippen LogP contribution in [-0.4, -0.2) is 10.5 Å². The monoisotopic (exact) mass is 363 g/mol. The van der Waals surface area contributed by atoms with E-state index >= 15 is 0 Å². The number of fused-ring (bicyclic) bond motifs is 3. The average Bonchev–Trinajstić information content (AvgIpc) is 2.95. The Balaban J connectivity index is 2.11. The lowest BCUT2D eigenvalue weighted by Crippen LogP contribution is -2.24. The third-order valence-electron chi connectivity index (χ3n) is 4.54. The molecule has 0 fully saturated rings. The Hall–Kier alpha value is -3.23. The lowest BCUT2D eigenvalue weighted by molar-refractivity contribution is 0.0937. The number of carbonyl (C=O) groups is 1. The summed E-state index contributed by atoms with van der Waals surface area (Å²) < 4.78 is 7.38. The number of aromatic nitrogens is 1. The first kappa shape index (κ1) is 16.2. The van der Waals surface area contributed by atoms with Crippen molar-refractivity contribution >= 4 is 28.4 Å². The van der Waals surface area contributed by atoms with Crippen molar-refractivity contribution in [2.45, 2.75) is 12.8 Å². The number of hydrogen-bond donors (Lipinski definition) is 1. The van der Waals surface area contributed by atoms with Gasteiger partial charge in [0.25, 0.3) is 0 Å². The van der Waals surface area contributed by atoms with E-state index in [0.29, 0.717) is 16.5 Å². The van der Waals surface area contributed by atoms with Crippen molar-refractivity contribution in [1.29, 1.82) is 5.26 Å². The number of nitrogens with two attached hydrogens (primary N) is 1. The highest BCUT2D eigenvalue weighted by molar-refractivity contribution is 6.30. The van der Waals surface area contributed by atoms with Crippen molar-refractivity contribution in [3.8, 4) is 11.8 Å². The lowest BCUT2D eigenvalue weighted by atomic mass is 9.87. The third-order valence-corrected chi connectivity index (χ3v) is 4.79. The second-order valence-electron chi connectivity index (χ2n) is 6.06. The van der Waals surface area contributed by atoms with Gasteiger partial charge >= 0.3 is 0 Å². The summed E-state index contributed by atoms with van der Waals surface area (Å²) in [6.07, 6.45) is 0. The molecule has 0 bridgehead atoms. The summed E-state index contributed by atoms with van der Waals surface area (Å²) in [6.45, 7) is 1.49. The molecule has 0 saturated heterocycles. The first-order valence-corrected chi connectivity index (χ1v) is 8.38. The molecule has 0 unspecified atom stereocenters. The molecule has 3 aromatic rings. The van der Waals surface area contributed by atoms with Gasteiger partial charge in [-0.15, -0.1) is 0 Å². The van der Waals surface area contributed by atoms with E-state index in [1.165, 1.54) is 6.92 Å². The summed E-state index contributed by atoms with van der Waals surface area (Å²) in [5.74, 6) is -0.126. The van der Waals surface area contributed by atoms with Gasteiger partial charge in [0.1, 0.15) is 11.6 Å². The van der Waals surface area contributed by atoms with Crippen LogP contribution in [-0.2, 0) is 0 Å². The second kappa shape index (κ2) is 5.94. The van der Waals surface area contributed by atoms with Crippen LogP contribution >= 0.6 is 11.6 Å². The van der Waals surface area contributed by atoms with Crippen LogP contribution in [0.25, 0.3) is 10.9 Å². The first-order valence-electron chi connectivity index (χ1n) is 8.00. The van der Waals surface area contributed by atoms with Gasteiger partial charge in [-0.05, 0) is 29.8 Å². The minimum atomic E-state index is -0.516. The molecule has 5 nitrogen and oxygen atoms in total. The number of rotatable bonds is 1. The van der Waals surface area contributed by atoms with Crippen LogP contribution in [0.15, 0.2) is 60.0 Å². The van der Waals surface area contributed by atoms with Crippen LogP contribution in [0.3, 0.4) is 0 Å². The van der Waals surface area contributed by atoms with E-state index in [4.69, 9.17) is 22.1 Å². The normalized spacial score (nSPS) is 16.1. The Morgan fingerprint density at radius 1 is 1.23 bits per heavy atom. The number of ether oxygens (including phenoxy) is 1. The van der Waals surface area contributed by atoms with E-state index in [1.54, 1.807) is 16.7 Å². The summed E-state index contributed by atoms with van der Waals surface area (Å²) in [6, 6.07) is 16.7. The molecule has 1 aromatic heterocycles. The number of benzene rings is 2. The molecule has 128 valence electrons. The van der Waals surface area contributed by atoms with Gasteiger partial charge in [-0.3, -0.25) is 9.36 Å². The van der Waals surface area contributed by atoms with Gasteiger partial charge < -0.3 is 10.5 Å². The number of hydrogen-bond acceptors (Lipinski definition) is 4. The highest BCUT2D eigenvalue weighted by Gasteiger charge is 2.36. The fourth-order valence-corrected chi connectivity index (χ4v) is 3.61. The predicted molar refractivity (Wildman–Crippen MR) is 99.0 cm³/mol. The molecule has 4 rings (SSSR count). The lowest BCUT2D eigenvalue weighted by Gasteiger charge is -2.25. The molecule has 2 N–H and O–H groups in total. The van der Waals surface area contributed by atoms with Crippen molar-refractivity contribution in [3.63, 3.8) is 0 Å². The minimum Gasteiger partial charge on any atom is -0.438 e. The third kappa shape index (κ3) is 2.27. The van der Waals surface area contributed by atoms with Gasteiger partial charge in [-0.1, -0.05) is 35.9 Å². The molecule has 2 aromatic carbocycles. The maximum absolute atomic E-state index is 12.5. The second-order valence-corrected chi connectivity index (χ2v) is 6.50. The largest absolute Gasteiger partial charge is 0.438 e. The molecule has 0 amide bonds. The van der Waals surface area contributed by atoms with Gasteiger partial charge in [0.15, 0.2) is 5.75 Å². The zero-order valence-corrected chi connectivity index (χ0v) is 14.6. The number of halogens is 1. The van der Waals surface area contributed by atoms with E-state index < -0.39 is 5.92 Å². The maximum atomic E-state index is 12.5. The number of carbonyl (C=O) groups excluding carboxylic acids is 1. The Morgan fingerprint density at radius 3 is 2.58 bits per heavy atom. The molecule has 0 spiro atoms. The average molecular weight is 364 g/mol. The van der Waals surface area contributed by atoms with E-state index in [-0.39, 0.29) is 17.4 Å². The van der Waals surface area contributed by atoms with Gasteiger partial charge in [-0.25, -0.2) is 0 Å². The Labute approximate surface area is 154 Å². The Kier molecular flexibility index (Phi) is 3.71. The number of para-hydroxylation sites is 1. The molecule has 1 aliphatic heterocycles. The molecular weight excluding hydrogens is 350 g/mol. The van der Waals surface area contributed by atoms with Crippen molar-refractivity contribution in [2.24, 2.45) is 5.73 Å². The van der Waals surface area contributed by atoms with E-state index in [1.807, 2.05) is 36.4 Å². The van der Waals surface area contributed by atoms with Crippen LogP contribution in [0.1, 0.15) is 28.9 Å². The number of nitrogens with zero attached hydrogens (tertiary/aromatic N) is 2. The van der Waals surface area contributed by atoms with Gasteiger partial charge in [0, 0.05) is 17.3 Å². The molecule has 0 radical (unpaired) electrons. The molecule has 0 saturated carbocycles. The molecular formula is C20H14ClN3O2. The van der Waals surface area contributed by atoms with Crippen molar-refractivity contribution in [1.82, 2.24) is 4.57 Å². The van der Waals surface area contributed by atoms with Crippen LogP contribution in [0, 0.1) is 11.3 Å². The number of nitriles is 1. The zero-order chi connectivity index (χ0) is 18.4. The fourth-order valence-electron chi connectivity index (χ4n) is 3.48. The zero-order valence-electron chi connectivity index (χ0n) is 13.9. The topological polar surface area (TPSA) is 81.0 Å². The number of allylic oxidation sites excluding steroid dienone is 1. The Bertz CT molecular complexity index is 1120. The SMILES string of the molecule is CC(=O)n1c2c(c3ccccc31)OC(N)=C(C#N)[C@@H]2c1ccc(Cl)cc1. The van der Waals surface area contributed by atoms with Crippen molar-refractivity contribution in [2.75, 3.05) is 0 Å². The highest BCUT2D eigenvalue weighted by atomic mass is 35.5. The van der Waals surface area contributed by atoms with E-state index in [2.05, 4.69) is 6.07 Å². The summed E-state index contributed by atoms with van der Waals surface area (Å²) in [4.78, 5) is 12.5. The maximum Gasteiger partial charge on any atom is 0.228 e. The standard InChI is InChI=1S/C20H14ClN3O2/c1-11(25)24-16-5-3-2-4-14(16)19-18(24)17(15(10-22)20(23)26-19)12-6-8-13(21)9-7-12/h2-9,17H,23H2,1H3/t17-/m0/s1. The predicted octanol–water partition coefficient (Wildman–Crippen LogP) is 4.17. The molecule has 1 aliphatic rings. The molecule has 26 heavy (non-hydrogen) atoms. The van der Waals surface area contributed by atoms with Gasteiger partial charge in [-0.2, -0.15) is 5.26 Å². The smallest absolute Gasteiger partial charge is 0.228 e. The first-order chi connectivity index (χ1) is 12.5. The summed E-state index contributed by atoms with van der Waals surface area (Å²) >= 11 is 6.01. The van der Waals surface area contributed by atoms with Gasteiger partial charge in [0.05, 0.1) is 17.1 Å².